The van der Waals surface area contributed by atoms with Crippen molar-refractivity contribution < 1.29 is 0 Å². The lowest BCUT2D eigenvalue weighted by Crippen LogP contribution is -2.31. The molecule has 0 amide bonds. The molecule has 22 heavy (non-hydrogen) atoms. The van der Waals surface area contributed by atoms with Gasteiger partial charge < -0.3 is 11.1 Å². The van der Waals surface area contributed by atoms with Crippen molar-refractivity contribution in [1.29, 1.82) is 0 Å². The van der Waals surface area contributed by atoms with Crippen LogP contribution >= 0.6 is 15.9 Å². The van der Waals surface area contributed by atoms with Crippen LogP contribution in [-0.4, -0.2) is 5.54 Å². The van der Waals surface area contributed by atoms with Crippen molar-refractivity contribution in [3.8, 4) is 11.1 Å². The van der Waals surface area contributed by atoms with Gasteiger partial charge in [-0.25, -0.2) is 0 Å². The third-order valence-corrected chi connectivity index (χ3v) is 4.86. The van der Waals surface area contributed by atoms with Gasteiger partial charge in [-0.3, -0.25) is 0 Å². The van der Waals surface area contributed by atoms with Crippen LogP contribution in [0.3, 0.4) is 0 Å². The maximum atomic E-state index is 5.94. The van der Waals surface area contributed by atoms with Gasteiger partial charge in [0, 0.05) is 22.3 Å². The summed E-state index contributed by atoms with van der Waals surface area (Å²) >= 11 is 3.60. The Bertz CT molecular complexity index is 760. The van der Waals surface area contributed by atoms with Crippen LogP contribution in [0.5, 0.6) is 0 Å². The fourth-order valence-electron chi connectivity index (χ4n) is 3.19. The molecule has 0 aromatic heterocycles. The molecule has 0 aliphatic carbocycles. The zero-order chi connectivity index (χ0) is 15.9. The number of rotatable bonds is 2. The minimum Gasteiger partial charge on any atom is -0.376 e. The second-order valence-electron chi connectivity index (χ2n) is 6.40. The Morgan fingerprint density at radius 1 is 1.14 bits per heavy atom. The number of nitrogens with two attached hydrogens (primary N) is 1. The van der Waals surface area contributed by atoms with Gasteiger partial charge in [0.1, 0.15) is 0 Å². The predicted octanol–water partition coefficient (Wildman–Crippen LogP) is 5.18. The normalized spacial score (nSPS) is 15.8. The van der Waals surface area contributed by atoms with E-state index in [9.17, 15) is 0 Å². The predicted molar refractivity (Wildman–Crippen MR) is 98.8 cm³/mol. The molecule has 3 rings (SSSR count). The van der Waals surface area contributed by atoms with E-state index in [0.29, 0.717) is 6.54 Å². The molecule has 1 aliphatic heterocycles. The first-order chi connectivity index (χ1) is 10.4. The standard InChI is InChI=1S/C19H21BrN2/c1-12-10-19(2,3)22-18-8-7-13(9-15(12)18)14-5-4-6-17(20)16(14)11-21/h4-10,22H,11,21H2,1-3H3. The molecule has 2 aromatic rings. The zero-order valence-corrected chi connectivity index (χ0v) is 14.8. The Morgan fingerprint density at radius 2 is 1.91 bits per heavy atom. The topological polar surface area (TPSA) is 38.0 Å². The number of anilines is 1. The first-order valence-corrected chi connectivity index (χ1v) is 8.30. The number of nitrogens with one attached hydrogen (secondary N) is 1. The van der Waals surface area contributed by atoms with Crippen LogP contribution < -0.4 is 11.1 Å². The molecule has 1 aliphatic rings. The number of allylic oxidation sites excluding steroid dienone is 1. The van der Waals surface area contributed by atoms with Gasteiger partial charge in [-0.2, -0.15) is 0 Å². The molecule has 114 valence electrons. The highest BCUT2D eigenvalue weighted by atomic mass is 79.9. The molecule has 0 radical (unpaired) electrons. The number of hydrogen-bond acceptors (Lipinski definition) is 2. The van der Waals surface area contributed by atoms with E-state index in [-0.39, 0.29) is 5.54 Å². The summed E-state index contributed by atoms with van der Waals surface area (Å²) in [5.41, 5.74) is 13.2. The lowest BCUT2D eigenvalue weighted by atomic mass is 9.89. The third-order valence-electron chi connectivity index (χ3n) is 4.11. The van der Waals surface area contributed by atoms with Crippen molar-refractivity contribution in [3.05, 3.63) is 58.1 Å². The molecule has 2 nitrogen and oxygen atoms in total. The second kappa shape index (κ2) is 5.56. The van der Waals surface area contributed by atoms with Crippen LogP contribution in [0.1, 0.15) is 31.9 Å². The average Bonchev–Trinajstić information content (AvgIpc) is 2.45. The second-order valence-corrected chi connectivity index (χ2v) is 7.26. The fourth-order valence-corrected chi connectivity index (χ4v) is 3.71. The smallest absolute Gasteiger partial charge is 0.0505 e. The first-order valence-electron chi connectivity index (χ1n) is 7.51. The highest BCUT2D eigenvalue weighted by Crippen LogP contribution is 2.37. The molecule has 3 heteroatoms. The van der Waals surface area contributed by atoms with Gasteiger partial charge in [-0.15, -0.1) is 0 Å². The highest BCUT2D eigenvalue weighted by molar-refractivity contribution is 9.10. The van der Waals surface area contributed by atoms with Gasteiger partial charge in [-0.1, -0.05) is 40.2 Å². The Balaban J connectivity index is 2.13. The summed E-state index contributed by atoms with van der Waals surface area (Å²) in [6.45, 7) is 7.08. The Kier molecular flexibility index (Phi) is 3.87. The van der Waals surface area contributed by atoms with E-state index in [1.165, 1.54) is 28.0 Å². The molecule has 0 saturated heterocycles. The molecule has 1 heterocycles. The minimum atomic E-state index is -0.00318. The van der Waals surface area contributed by atoms with Gasteiger partial charge in [0.15, 0.2) is 0 Å². The summed E-state index contributed by atoms with van der Waals surface area (Å²) in [5.74, 6) is 0. The quantitative estimate of drug-likeness (QED) is 0.777. The lowest BCUT2D eigenvalue weighted by molar-refractivity contribution is 0.707. The van der Waals surface area contributed by atoms with E-state index in [1.54, 1.807) is 0 Å². The molecule has 0 atom stereocenters. The van der Waals surface area contributed by atoms with Gasteiger partial charge in [0.2, 0.25) is 0 Å². The van der Waals surface area contributed by atoms with E-state index >= 15 is 0 Å². The molecular weight excluding hydrogens is 336 g/mol. The molecule has 0 saturated carbocycles. The van der Waals surface area contributed by atoms with E-state index in [1.807, 2.05) is 6.07 Å². The Morgan fingerprint density at radius 3 is 2.64 bits per heavy atom. The maximum absolute atomic E-state index is 5.94. The highest BCUT2D eigenvalue weighted by Gasteiger charge is 2.22. The van der Waals surface area contributed by atoms with Gasteiger partial charge >= 0.3 is 0 Å². The van der Waals surface area contributed by atoms with Crippen LogP contribution in [-0.2, 0) is 6.54 Å². The van der Waals surface area contributed by atoms with Crippen LogP contribution in [0, 0.1) is 0 Å². The van der Waals surface area contributed by atoms with E-state index in [2.05, 4.69) is 78.4 Å². The van der Waals surface area contributed by atoms with Crippen molar-refractivity contribution in [2.24, 2.45) is 5.73 Å². The first kappa shape index (κ1) is 15.3. The SMILES string of the molecule is CC1=CC(C)(C)Nc2ccc(-c3cccc(Br)c3CN)cc21. The summed E-state index contributed by atoms with van der Waals surface area (Å²) in [4.78, 5) is 0. The number of halogens is 1. The van der Waals surface area contributed by atoms with E-state index in [4.69, 9.17) is 5.73 Å². The van der Waals surface area contributed by atoms with Crippen molar-refractivity contribution in [3.63, 3.8) is 0 Å². The summed E-state index contributed by atoms with van der Waals surface area (Å²) in [7, 11) is 0. The van der Waals surface area contributed by atoms with Crippen LogP contribution in [0.2, 0.25) is 0 Å². The lowest BCUT2D eigenvalue weighted by Gasteiger charge is -2.31. The van der Waals surface area contributed by atoms with Gasteiger partial charge in [0.05, 0.1) is 5.54 Å². The molecule has 0 bridgehead atoms. The van der Waals surface area contributed by atoms with E-state index in [0.717, 1.165) is 10.0 Å². The monoisotopic (exact) mass is 356 g/mol. The zero-order valence-electron chi connectivity index (χ0n) is 13.2. The van der Waals surface area contributed by atoms with Crippen LogP contribution in [0.4, 0.5) is 5.69 Å². The van der Waals surface area contributed by atoms with Gasteiger partial charge in [-0.05, 0) is 61.2 Å². The summed E-state index contributed by atoms with van der Waals surface area (Å²) < 4.78 is 1.07. The van der Waals surface area contributed by atoms with Crippen molar-refractivity contribution >= 4 is 27.2 Å². The van der Waals surface area contributed by atoms with Crippen LogP contribution in [0.25, 0.3) is 16.7 Å². The molecule has 0 fully saturated rings. The maximum Gasteiger partial charge on any atom is 0.0505 e. The summed E-state index contributed by atoms with van der Waals surface area (Å²) in [6, 6.07) is 12.8. The van der Waals surface area contributed by atoms with Crippen LogP contribution in [0.15, 0.2) is 46.9 Å². The number of fused-ring (bicyclic) bond motifs is 1. The van der Waals surface area contributed by atoms with Crippen molar-refractivity contribution in [1.82, 2.24) is 0 Å². The molecular formula is C19H21BrN2. The Hall–Kier alpha value is -1.58. The molecule has 2 aromatic carbocycles. The van der Waals surface area contributed by atoms with Crippen molar-refractivity contribution in [2.75, 3.05) is 5.32 Å². The Labute approximate surface area is 140 Å². The minimum absolute atomic E-state index is 0.00318. The number of hydrogen-bond donors (Lipinski definition) is 2. The molecule has 0 spiro atoms. The summed E-state index contributed by atoms with van der Waals surface area (Å²) in [5, 5.41) is 3.57. The number of benzene rings is 2. The largest absolute Gasteiger partial charge is 0.376 e. The molecule has 0 unspecified atom stereocenters. The van der Waals surface area contributed by atoms with E-state index < -0.39 is 0 Å². The van der Waals surface area contributed by atoms with Crippen molar-refractivity contribution in [2.45, 2.75) is 32.9 Å². The summed E-state index contributed by atoms with van der Waals surface area (Å²) in [6.07, 6.45) is 2.28. The van der Waals surface area contributed by atoms with Gasteiger partial charge in [0.25, 0.3) is 0 Å². The molecule has 3 N–H and O–H groups in total. The third kappa shape index (κ3) is 2.71. The average molecular weight is 357 g/mol. The fraction of sp³-hybridized carbons (Fsp3) is 0.263.